The second-order valence-corrected chi connectivity index (χ2v) is 4.32. The topological polar surface area (TPSA) is 18.5 Å². The van der Waals surface area contributed by atoms with Gasteiger partial charge in [0, 0.05) is 6.61 Å². The van der Waals surface area contributed by atoms with Gasteiger partial charge in [-0.15, -0.1) is 0 Å². The third-order valence-corrected chi connectivity index (χ3v) is 2.95. The second-order valence-electron chi connectivity index (χ2n) is 4.32. The van der Waals surface area contributed by atoms with Gasteiger partial charge in [-0.2, -0.15) is 0 Å². The molecule has 0 aliphatic heterocycles. The Balaban J connectivity index is 2.38. The molecule has 0 aliphatic rings. The van der Waals surface area contributed by atoms with Crippen molar-refractivity contribution in [3.05, 3.63) is 36.4 Å². The molecular weight excluding hydrogens is 268 g/mol. The van der Waals surface area contributed by atoms with Crippen molar-refractivity contribution in [3.63, 3.8) is 0 Å². The molecule has 6 heteroatoms. The van der Waals surface area contributed by atoms with E-state index >= 15 is 0 Å². The maximum atomic E-state index is 13.3. The van der Waals surface area contributed by atoms with Crippen LogP contribution in [0.1, 0.15) is 6.92 Å². The molecule has 2 aromatic carbocycles. The Labute approximate surface area is 115 Å². The van der Waals surface area contributed by atoms with Gasteiger partial charge in [0.05, 0.1) is 12.4 Å². The van der Waals surface area contributed by atoms with E-state index in [4.69, 9.17) is 9.47 Å². The van der Waals surface area contributed by atoms with Crippen LogP contribution in [0.15, 0.2) is 36.4 Å². The highest BCUT2D eigenvalue weighted by Crippen LogP contribution is 2.25. The van der Waals surface area contributed by atoms with Crippen molar-refractivity contribution in [3.8, 4) is 5.75 Å². The molecule has 2 rings (SSSR count). The van der Waals surface area contributed by atoms with Gasteiger partial charge >= 0.3 is 6.98 Å². The van der Waals surface area contributed by atoms with Gasteiger partial charge in [0.25, 0.3) is 0 Å². The number of benzene rings is 2. The van der Waals surface area contributed by atoms with Crippen molar-refractivity contribution >= 4 is 23.2 Å². The molecule has 0 radical (unpaired) electrons. The van der Waals surface area contributed by atoms with Gasteiger partial charge in [-0.1, -0.05) is 35.8 Å². The van der Waals surface area contributed by atoms with E-state index in [0.717, 1.165) is 0 Å². The molecule has 2 nitrogen and oxygen atoms in total. The van der Waals surface area contributed by atoms with Crippen molar-refractivity contribution in [1.29, 1.82) is 0 Å². The van der Waals surface area contributed by atoms with Crippen molar-refractivity contribution in [2.75, 3.05) is 19.8 Å². The van der Waals surface area contributed by atoms with E-state index in [2.05, 4.69) is 0 Å². The number of hydrogen-bond acceptors (Lipinski definition) is 2. The number of halogens is 3. The average Bonchev–Trinajstić information content (AvgIpc) is 2.41. The summed E-state index contributed by atoms with van der Waals surface area (Å²) in [6, 6.07) is 9.44. The van der Waals surface area contributed by atoms with E-state index < -0.39 is 12.4 Å². The van der Waals surface area contributed by atoms with Crippen LogP contribution in [0.3, 0.4) is 0 Å². The smallest absolute Gasteiger partial charge is 0.494 e. The molecule has 0 bridgehead atoms. The highest BCUT2D eigenvalue weighted by atomic mass is 19.4. The minimum atomic E-state index is -5.14. The average molecular weight is 283 g/mol. The highest BCUT2D eigenvalue weighted by Gasteiger charge is 2.31. The van der Waals surface area contributed by atoms with Crippen LogP contribution in [0.25, 0.3) is 10.8 Å². The van der Waals surface area contributed by atoms with Crippen molar-refractivity contribution in [1.82, 2.24) is 0 Å². The van der Waals surface area contributed by atoms with E-state index in [-0.39, 0.29) is 24.3 Å². The zero-order valence-corrected chi connectivity index (χ0v) is 11.1. The van der Waals surface area contributed by atoms with Crippen LogP contribution < -0.4 is 10.2 Å². The largest absolute Gasteiger partial charge is 0.513 e. The van der Waals surface area contributed by atoms with Crippen molar-refractivity contribution < 1.29 is 22.4 Å². The zero-order valence-electron chi connectivity index (χ0n) is 11.1. The summed E-state index contributed by atoms with van der Waals surface area (Å²) >= 11 is 0. The Hall–Kier alpha value is -1.69. The molecule has 0 saturated carbocycles. The first-order valence-corrected chi connectivity index (χ1v) is 6.46. The fourth-order valence-corrected chi connectivity index (χ4v) is 2.09. The normalized spacial score (nSPS) is 11.8. The Morgan fingerprint density at radius 3 is 2.45 bits per heavy atom. The first-order valence-electron chi connectivity index (χ1n) is 6.46. The summed E-state index contributed by atoms with van der Waals surface area (Å²) in [5, 5.41) is 0.729. The van der Waals surface area contributed by atoms with E-state index in [1.807, 2.05) is 6.92 Å². The van der Waals surface area contributed by atoms with Crippen LogP contribution in [0, 0.1) is 0 Å². The summed E-state index contributed by atoms with van der Waals surface area (Å²) in [7, 11) is 0. The third kappa shape index (κ3) is 3.25. The molecule has 0 unspecified atom stereocenters. The molecule has 0 aliphatic carbocycles. The Morgan fingerprint density at radius 2 is 1.75 bits per heavy atom. The maximum Gasteiger partial charge on any atom is 0.513 e. The monoisotopic (exact) mass is 283 g/mol. The molecule has 0 amide bonds. The highest BCUT2D eigenvalue weighted by molar-refractivity contribution is 6.76. The minimum Gasteiger partial charge on any atom is -0.494 e. The summed E-state index contributed by atoms with van der Waals surface area (Å²) in [5.41, 5.74) is -0.667. The van der Waals surface area contributed by atoms with Crippen molar-refractivity contribution in [2.24, 2.45) is 0 Å². The molecule has 0 spiro atoms. The summed E-state index contributed by atoms with van der Waals surface area (Å²) in [6.07, 6.45) is 0. The first-order chi connectivity index (χ1) is 9.54. The fourth-order valence-electron chi connectivity index (χ4n) is 2.09. The van der Waals surface area contributed by atoms with Crippen LogP contribution in [-0.4, -0.2) is 26.8 Å². The molecule has 0 fully saturated rings. The molecule has 0 N–H and O–H groups in total. The third-order valence-electron chi connectivity index (χ3n) is 2.95. The molecule has 0 saturated heterocycles. The summed E-state index contributed by atoms with van der Waals surface area (Å²) in [5.74, 6) is -0.129. The van der Waals surface area contributed by atoms with E-state index in [1.165, 1.54) is 12.1 Å². The Bertz CT molecular complexity index is 584. The van der Waals surface area contributed by atoms with E-state index in [0.29, 0.717) is 12.0 Å². The van der Waals surface area contributed by atoms with Crippen LogP contribution in [0.2, 0.25) is 0 Å². The molecule has 0 atom stereocenters. The van der Waals surface area contributed by atoms with Crippen LogP contribution in [0.4, 0.5) is 12.9 Å². The molecule has 0 aromatic heterocycles. The Morgan fingerprint density at radius 1 is 1.00 bits per heavy atom. The number of ether oxygens (including phenoxy) is 2. The fraction of sp³-hybridized carbons (Fsp3) is 0.286. The summed E-state index contributed by atoms with van der Waals surface area (Å²) < 4.78 is 50.2. The van der Waals surface area contributed by atoms with Crippen LogP contribution in [0.5, 0.6) is 5.75 Å². The Kier molecular flexibility index (Phi) is 4.55. The second kappa shape index (κ2) is 6.18. The van der Waals surface area contributed by atoms with E-state index in [9.17, 15) is 12.9 Å². The van der Waals surface area contributed by atoms with Crippen molar-refractivity contribution in [2.45, 2.75) is 6.92 Å². The van der Waals surface area contributed by atoms with Crippen LogP contribution in [-0.2, 0) is 4.74 Å². The molecule has 108 valence electrons. The SMILES string of the molecule is CCOCCOc1ccc2ccccc2c1[B-](F)(F)F. The molecule has 0 heterocycles. The quantitative estimate of drug-likeness (QED) is 0.598. The summed E-state index contributed by atoms with van der Waals surface area (Å²) in [6.45, 7) is -2.44. The lowest BCUT2D eigenvalue weighted by molar-refractivity contribution is 0.110. The lowest BCUT2D eigenvalue weighted by atomic mass is 9.76. The van der Waals surface area contributed by atoms with Gasteiger partial charge < -0.3 is 22.4 Å². The standard InChI is InChI=1S/C14H15BF3O2/c1-2-19-9-10-20-13-8-7-11-5-3-4-6-12(11)14(13)15(16,17)18/h3-8H,2,9-10H2,1H3/q-1. The number of fused-ring (bicyclic) bond motifs is 1. The van der Waals surface area contributed by atoms with Gasteiger partial charge in [0.2, 0.25) is 0 Å². The van der Waals surface area contributed by atoms with Gasteiger partial charge in [-0.3, -0.25) is 0 Å². The maximum absolute atomic E-state index is 13.3. The number of rotatable bonds is 6. The van der Waals surface area contributed by atoms with Gasteiger partial charge in [0.1, 0.15) is 6.61 Å². The van der Waals surface area contributed by atoms with Gasteiger partial charge in [-0.05, 0) is 23.8 Å². The first kappa shape index (κ1) is 14.7. The zero-order chi connectivity index (χ0) is 14.6. The van der Waals surface area contributed by atoms with Gasteiger partial charge in [-0.25, -0.2) is 0 Å². The lowest BCUT2D eigenvalue weighted by Gasteiger charge is -2.22. The predicted molar refractivity (Wildman–Crippen MR) is 74.6 cm³/mol. The number of hydrogen-bond donors (Lipinski definition) is 0. The van der Waals surface area contributed by atoms with Gasteiger partial charge in [0.15, 0.2) is 0 Å². The summed E-state index contributed by atoms with van der Waals surface area (Å²) in [4.78, 5) is 0. The molecule has 20 heavy (non-hydrogen) atoms. The molecule has 2 aromatic rings. The predicted octanol–water partition coefficient (Wildman–Crippen LogP) is 3.31. The minimum absolute atomic E-state index is 0.103. The van der Waals surface area contributed by atoms with Crippen LogP contribution >= 0.6 is 0 Å². The lowest BCUT2D eigenvalue weighted by Crippen LogP contribution is -2.36. The van der Waals surface area contributed by atoms with E-state index in [1.54, 1.807) is 24.3 Å². The molecular formula is C14H15BF3O2-.